The number of amides is 1. The lowest BCUT2D eigenvalue weighted by Gasteiger charge is -2.15. The highest BCUT2D eigenvalue weighted by molar-refractivity contribution is 8.01. The standard InChI is InChI=1S/C16H21N3O2S2/c1-5-12-8-6-7-9-13(12)21-11(4)14(20)17-15-18-19-16(23-15)22-10(2)3/h6-11H,5H2,1-4H3,(H,17,18,20)/t11-/m1/s1. The molecule has 1 heterocycles. The van der Waals surface area contributed by atoms with Gasteiger partial charge in [-0.1, -0.05) is 62.1 Å². The van der Waals surface area contributed by atoms with Crippen LogP contribution in [-0.2, 0) is 11.2 Å². The van der Waals surface area contributed by atoms with Crippen molar-refractivity contribution in [1.29, 1.82) is 0 Å². The first-order valence-corrected chi connectivity index (χ1v) is 9.24. The lowest BCUT2D eigenvalue weighted by Crippen LogP contribution is -2.30. The Hall–Kier alpha value is -1.60. The van der Waals surface area contributed by atoms with Crippen LogP contribution in [0.25, 0.3) is 0 Å². The molecule has 1 aromatic heterocycles. The van der Waals surface area contributed by atoms with Crippen molar-refractivity contribution in [2.24, 2.45) is 0 Å². The van der Waals surface area contributed by atoms with Gasteiger partial charge in [0.15, 0.2) is 10.4 Å². The van der Waals surface area contributed by atoms with Crippen LogP contribution in [-0.4, -0.2) is 27.5 Å². The maximum Gasteiger partial charge on any atom is 0.266 e. The number of nitrogens with zero attached hydrogens (tertiary/aromatic N) is 2. The molecule has 0 aliphatic rings. The van der Waals surface area contributed by atoms with Crippen LogP contribution in [0.4, 0.5) is 5.13 Å². The van der Waals surface area contributed by atoms with Gasteiger partial charge in [0.05, 0.1) is 0 Å². The number of hydrogen-bond donors (Lipinski definition) is 1. The van der Waals surface area contributed by atoms with Crippen LogP contribution in [0.3, 0.4) is 0 Å². The molecule has 0 unspecified atom stereocenters. The second-order valence-corrected chi connectivity index (χ2v) is 8.05. The number of benzene rings is 1. The zero-order valence-electron chi connectivity index (χ0n) is 13.7. The summed E-state index contributed by atoms with van der Waals surface area (Å²) in [5.41, 5.74) is 1.08. The van der Waals surface area contributed by atoms with Crippen LogP contribution < -0.4 is 10.1 Å². The topological polar surface area (TPSA) is 64.1 Å². The van der Waals surface area contributed by atoms with Crippen molar-refractivity contribution in [3.63, 3.8) is 0 Å². The molecule has 0 saturated heterocycles. The predicted molar refractivity (Wildman–Crippen MR) is 95.4 cm³/mol. The number of carbonyl (C=O) groups is 1. The SMILES string of the molecule is CCc1ccccc1O[C@H](C)C(=O)Nc1nnc(SC(C)C)s1. The van der Waals surface area contributed by atoms with E-state index in [9.17, 15) is 4.79 Å². The van der Waals surface area contributed by atoms with Crippen molar-refractivity contribution in [2.45, 2.75) is 49.8 Å². The summed E-state index contributed by atoms with van der Waals surface area (Å²) in [6, 6.07) is 7.75. The quantitative estimate of drug-likeness (QED) is 0.603. The third kappa shape index (κ3) is 5.21. The number of thioether (sulfide) groups is 1. The molecule has 2 rings (SSSR count). The molecular formula is C16H21N3O2S2. The normalized spacial score (nSPS) is 12.2. The van der Waals surface area contributed by atoms with E-state index in [1.54, 1.807) is 18.7 Å². The Labute approximate surface area is 144 Å². The molecule has 0 radical (unpaired) electrons. The lowest BCUT2D eigenvalue weighted by molar-refractivity contribution is -0.122. The summed E-state index contributed by atoms with van der Waals surface area (Å²) in [6.45, 7) is 7.96. The van der Waals surface area contributed by atoms with E-state index in [1.807, 2.05) is 24.3 Å². The van der Waals surface area contributed by atoms with Crippen LogP contribution in [0.5, 0.6) is 5.75 Å². The second-order valence-electron chi connectivity index (χ2n) is 5.25. The Balaban J connectivity index is 1.96. The van der Waals surface area contributed by atoms with Gasteiger partial charge < -0.3 is 4.74 Å². The second kappa shape index (κ2) is 8.31. The maximum absolute atomic E-state index is 12.2. The zero-order chi connectivity index (χ0) is 16.8. The number of carbonyl (C=O) groups excluding carboxylic acids is 1. The van der Waals surface area contributed by atoms with Crippen LogP contribution in [0, 0.1) is 0 Å². The smallest absolute Gasteiger partial charge is 0.266 e. The van der Waals surface area contributed by atoms with Crippen molar-refractivity contribution < 1.29 is 9.53 Å². The zero-order valence-corrected chi connectivity index (χ0v) is 15.3. The van der Waals surface area contributed by atoms with Crippen molar-refractivity contribution >= 4 is 34.1 Å². The lowest BCUT2D eigenvalue weighted by atomic mass is 10.1. The molecule has 0 bridgehead atoms. The van der Waals surface area contributed by atoms with Gasteiger partial charge >= 0.3 is 0 Å². The van der Waals surface area contributed by atoms with Crippen LogP contribution in [0.15, 0.2) is 28.6 Å². The molecule has 0 aliphatic heterocycles. The van der Waals surface area contributed by atoms with Gasteiger partial charge in [-0.05, 0) is 25.0 Å². The van der Waals surface area contributed by atoms with Gasteiger partial charge in [-0.25, -0.2) is 0 Å². The van der Waals surface area contributed by atoms with E-state index in [0.717, 1.165) is 22.1 Å². The van der Waals surface area contributed by atoms with Crippen LogP contribution >= 0.6 is 23.1 Å². The monoisotopic (exact) mass is 351 g/mol. The maximum atomic E-state index is 12.2. The highest BCUT2D eigenvalue weighted by Gasteiger charge is 2.18. The van der Waals surface area contributed by atoms with Gasteiger partial charge in [-0.15, -0.1) is 10.2 Å². The first-order valence-electron chi connectivity index (χ1n) is 7.55. The Kier molecular flexibility index (Phi) is 6.41. The summed E-state index contributed by atoms with van der Waals surface area (Å²) in [4.78, 5) is 12.2. The molecular weight excluding hydrogens is 330 g/mol. The van der Waals surface area contributed by atoms with Gasteiger partial charge in [-0.2, -0.15) is 0 Å². The summed E-state index contributed by atoms with van der Waals surface area (Å²) < 4.78 is 6.63. The predicted octanol–water partition coefficient (Wildman–Crippen LogP) is 4.01. The number of ether oxygens (including phenoxy) is 1. The molecule has 0 saturated carbocycles. The Morgan fingerprint density at radius 2 is 2.04 bits per heavy atom. The molecule has 7 heteroatoms. The molecule has 1 atom stereocenters. The van der Waals surface area contributed by atoms with E-state index in [0.29, 0.717) is 10.4 Å². The summed E-state index contributed by atoms with van der Waals surface area (Å²) in [7, 11) is 0. The molecule has 0 spiro atoms. The fraction of sp³-hybridized carbons (Fsp3) is 0.438. The van der Waals surface area contributed by atoms with E-state index in [2.05, 4.69) is 36.3 Å². The van der Waals surface area contributed by atoms with Crippen LogP contribution in [0.2, 0.25) is 0 Å². The number of hydrogen-bond acceptors (Lipinski definition) is 6. The number of anilines is 1. The Morgan fingerprint density at radius 1 is 1.30 bits per heavy atom. The minimum Gasteiger partial charge on any atom is -0.481 e. The van der Waals surface area contributed by atoms with E-state index in [4.69, 9.17) is 4.74 Å². The third-order valence-electron chi connectivity index (χ3n) is 3.00. The minimum absolute atomic E-state index is 0.229. The molecule has 0 fully saturated rings. The largest absolute Gasteiger partial charge is 0.481 e. The third-order valence-corrected chi connectivity index (χ3v) is 4.93. The minimum atomic E-state index is -0.604. The fourth-order valence-electron chi connectivity index (χ4n) is 1.87. The molecule has 2 aromatic rings. The van der Waals surface area contributed by atoms with Gasteiger partial charge in [0.25, 0.3) is 5.91 Å². The van der Waals surface area contributed by atoms with Crippen molar-refractivity contribution in [2.75, 3.05) is 5.32 Å². The average Bonchev–Trinajstić information content (AvgIpc) is 2.93. The molecule has 1 N–H and O–H groups in total. The molecule has 124 valence electrons. The first-order chi connectivity index (χ1) is 11.0. The number of aryl methyl sites for hydroxylation is 1. The van der Waals surface area contributed by atoms with E-state index < -0.39 is 6.10 Å². The van der Waals surface area contributed by atoms with E-state index in [1.165, 1.54) is 11.3 Å². The Bertz CT molecular complexity index is 658. The summed E-state index contributed by atoms with van der Waals surface area (Å²) >= 11 is 3.00. The summed E-state index contributed by atoms with van der Waals surface area (Å²) in [5.74, 6) is 0.513. The van der Waals surface area contributed by atoms with E-state index in [-0.39, 0.29) is 5.91 Å². The molecule has 1 amide bonds. The van der Waals surface area contributed by atoms with Gasteiger partial charge in [0.1, 0.15) is 5.75 Å². The van der Waals surface area contributed by atoms with Crippen molar-refractivity contribution in [3.8, 4) is 5.75 Å². The van der Waals surface area contributed by atoms with Gasteiger partial charge in [0.2, 0.25) is 5.13 Å². The number of rotatable bonds is 7. The highest BCUT2D eigenvalue weighted by Crippen LogP contribution is 2.28. The molecule has 1 aromatic carbocycles. The molecule has 5 nitrogen and oxygen atoms in total. The van der Waals surface area contributed by atoms with Crippen LogP contribution in [0.1, 0.15) is 33.3 Å². The Morgan fingerprint density at radius 3 is 2.74 bits per heavy atom. The fourth-order valence-corrected chi connectivity index (χ4v) is 3.85. The number of aromatic nitrogens is 2. The highest BCUT2D eigenvalue weighted by atomic mass is 32.2. The van der Waals surface area contributed by atoms with E-state index >= 15 is 0 Å². The van der Waals surface area contributed by atoms with Gasteiger partial charge in [0, 0.05) is 5.25 Å². The summed E-state index contributed by atoms with van der Waals surface area (Å²) in [6.07, 6.45) is 0.254. The van der Waals surface area contributed by atoms with Gasteiger partial charge in [-0.3, -0.25) is 10.1 Å². The van der Waals surface area contributed by atoms with Crippen molar-refractivity contribution in [1.82, 2.24) is 10.2 Å². The number of para-hydroxylation sites is 1. The molecule has 0 aliphatic carbocycles. The average molecular weight is 351 g/mol. The summed E-state index contributed by atoms with van der Waals surface area (Å²) in [5, 5.41) is 11.7. The first kappa shape index (κ1) is 17.7. The molecule has 23 heavy (non-hydrogen) atoms. The number of nitrogens with one attached hydrogen (secondary N) is 1. The van der Waals surface area contributed by atoms with Crippen molar-refractivity contribution in [3.05, 3.63) is 29.8 Å².